The highest BCUT2D eigenvalue weighted by atomic mass is 19.1. The van der Waals surface area contributed by atoms with Gasteiger partial charge >= 0.3 is 0 Å². The maximum Gasteiger partial charge on any atom is 0.144 e. The highest BCUT2D eigenvalue weighted by molar-refractivity contribution is 5.82. The van der Waals surface area contributed by atoms with Gasteiger partial charge in [0, 0.05) is 36.5 Å². The van der Waals surface area contributed by atoms with Gasteiger partial charge in [-0.3, -0.25) is 4.90 Å². The lowest BCUT2D eigenvalue weighted by atomic mass is 9.76. The number of alkyl halides is 1. The fourth-order valence-electron chi connectivity index (χ4n) is 6.51. The minimum atomic E-state index is -0.746. The zero-order valence-electron chi connectivity index (χ0n) is 23.6. The molecule has 1 aliphatic carbocycles. The summed E-state index contributed by atoms with van der Waals surface area (Å²) < 4.78 is 20.2. The summed E-state index contributed by atoms with van der Waals surface area (Å²) in [6.45, 7) is 10.6. The lowest BCUT2D eigenvalue weighted by Crippen LogP contribution is -2.32. The van der Waals surface area contributed by atoms with Gasteiger partial charge in [0.1, 0.15) is 36.0 Å². The molecule has 2 aromatic carbocycles. The number of ether oxygens (including phenoxy) is 1. The Morgan fingerprint density at radius 2 is 1.93 bits per heavy atom. The molecule has 1 saturated heterocycles. The minimum absolute atomic E-state index is 0.208. The van der Waals surface area contributed by atoms with Crippen molar-refractivity contribution in [2.24, 2.45) is 5.41 Å². The van der Waals surface area contributed by atoms with Crippen molar-refractivity contribution in [3.8, 4) is 16.9 Å². The van der Waals surface area contributed by atoms with Crippen LogP contribution in [-0.4, -0.2) is 57.2 Å². The van der Waals surface area contributed by atoms with E-state index in [2.05, 4.69) is 70.0 Å². The monoisotopic (exact) mass is 540 g/mol. The summed E-state index contributed by atoms with van der Waals surface area (Å²) in [5.41, 5.74) is 8.12. The highest BCUT2D eigenvalue weighted by Gasteiger charge is 2.32. The Hall–Kier alpha value is -3.52. The van der Waals surface area contributed by atoms with Gasteiger partial charge in [-0.05, 0) is 73.4 Å². The minimum Gasteiger partial charge on any atom is -0.491 e. The topological polar surface area (TPSA) is 70.2 Å². The predicted molar refractivity (Wildman–Crippen MR) is 155 cm³/mol. The van der Waals surface area contributed by atoms with Crippen LogP contribution in [0.2, 0.25) is 0 Å². The van der Waals surface area contributed by atoms with E-state index in [1.54, 1.807) is 0 Å². The summed E-state index contributed by atoms with van der Waals surface area (Å²) in [5, 5.41) is 0. The first-order valence-electron chi connectivity index (χ1n) is 14.5. The van der Waals surface area contributed by atoms with Crippen LogP contribution in [-0.2, 0) is 25.9 Å². The maximum absolute atomic E-state index is 13.9. The van der Waals surface area contributed by atoms with E-state index in [9.17, 15) is 4.39 Å². The molecule has 2 aromatic heterocycles. The van der Waals surface area contributed by atoms with E-state index in [1.165, 1.54) is 5.56 Å². The van der Waals surface area contributed by atoms with Crippen LogP contribution >= 0.6 is 0 Å². The molecule has 7 nitrogen and oxygen atoms in total. The number of nitrogens with zero attached hydrogens (tertiary/aromatic N) is 5. The van der Waals surface area contributed by atoms with E-state index >= 15 is 0 Å². The lowest BCUT2D eigenvalue weighted by molar-refractivity contribution is 0.275. The average Bonchev–Trinajstić information content (AvgIpc) is 3.43. The zero-order valence-corrected chi connectivity index (χ0v) is 23.6. The SMILES string of the molecule is Cc1nc2ccc(-c3ccc4c(c3)CN(c3nc(CN5CC[C@H](F)C5)nc5c3CC(C)(C)CC5)CCO4)cc2[nH]1. The van der Waals surface area contributed by atoms with Crippen molar-refractivity contribution in [2.45, 2.75) is 65.7 Å². The lowest BCUT2D eigenvalue weighted by Gasteiger charge is -2.34. The summed E-state index contributed by atoms with van der Waals surface area (Å²) in [4.78, 5) is 22.6. The van der Waals surface area contributed by atoms with Gasteiger partial charge in [-0.15, -0.1) is 0 Å². The van der Waals surface area contributed by atoms with Crippen molar-refractivity contribution in [3.05, 3.63) is 64.9 Å². The van der Waals surface area contributed by atoms with Crippen molar-refractivity contribution in [2.75, 3.05) is 31.1 Å². The number of benzene rings is 2. The van der Waals surface area contributed by atoms with E-state index in [0.717, 1.165) is 89.0 Å². The van der Waals surface area contributed by atoms with Crippen molar-refractivity contribution in [1.29, 1.82) is 0 Å². The van der Waals surface area contributed by atoms with E-state index < -0.39 is 6.17 Å². The number of rotatable bonds is 4. The summed E-state index contributed by atoms with van der Waals surface area (Å²) in [7, 11) is 0. The van der Waals surface area contributed by atoms with E-state index in [-0.39, 0.29) is 5.41 Å². The number of anilines is 1. The molecule has 2 aliphatic heterocycles. The number of H-pyrrole nitrogens is 1. The van der Waals surface area contributed by atoms with Gasteiger partial charge < -0.3 is 14.6 Å². The number of hydrogen-bond donors (Lipinski definition) is 1. The van der Waals surface area contributed by atoms with Crippen LogP contribution in [0.4, 0.5) is 10.2 Å². The van der Waals surface area contributed by atoms with E-state index in [4.69, 9.17) is 14.7 Å². The first-order valence-corrected chi connectivity index (χ1v) is 14.5. The largest absolute Gasteiger partial charge is 0.491 e. The van der Waals surface area contributed by atoms with Gasteiger partial charge in [0.15, 0.2) is 0 Å². The first kappa shape index (κ1) is 25.4. The Kier molecular flexibility index (Phi) is 6.26. The third-order valence-electron chi connectivity index (χ3n) is 8.66. The molecule has 208 valence electrons. The molecule has 8 heteroatoms. The second-order valence-corrected chi connectivity index (χ2v) is 12.5. The summed E-state index contributed by atoms with van der Waals surface area (Å²) in [5.74, 6) is 3.69. The molecule has 0 unspecified atom stereocenters. The van der Waals surface area contributed by atoms with Crippen LogP contribution in [0.3, 0.4) is 0 Å². The third-order valence-corrected chi connectivity index (χ3v) is 8.66. The van der Waals surface area contributed by atoms with Gasteiger partial charge in [-0.2, -0.15) is 0 Å². The molecule has 3 aliphatic rings. The third kappa shape index (κ3) is 4.94. The molecule has 40 heavy (non-hydrogen) atoms. The van der Waals surface area contributed by atoms with Crippen LogP contribution in [0.15, 0.2) is 36.4 Å². The molecular formula is C32H37FN6O. The van der Waals surface area contributed by atoms with Crippen LogP contribution in [0.1, 0.15) is 55.2 Å². The van der Waals surface area contributed by atoms with E-state index in [0.29, 0.717) is 32.7 Å². The molecule has 0 radical (unpaired) electrons. The summed E-state index contributed by atoms with van der Waals surface area (Å²) >= 11 is 0. The van der Waals surface area contributed by atoms with Crippen molar-refractivity contribution in [1.82, 2.24) is 24.8 Å². The van der Waals surface area contributed by atoms with Gasteiger partial charge in [-0.25, -0.2) is 19.3 Å². The molecule has 7 rings (SSSR count). The van der Waals surface area contributed by atoms with Crippen LogP contribution < -0.4 is 9.64 Å². The molecule has 0 spiro atoms. The number of imidazole rings is 1. The fraction of sp³-hybridized carbons (Fsp3) is 0.469. The number of likely N-dealkylation sites (tertiary alicyclic amines) is 1. The van der Waals surface area contributed by atoms with Gasteiger partial charge in [0.2, 0.25) is 0 Å². The van der Waals surface area contributed by atoms with Crippen molar-refractivity contribution < 1.29 is 9.13 Å². The quantitative estimate of drug-likeness (QED) is 0.354. The molecule has 0 amide bonds. The number of aromatic amines is 1. The normalized spacial score (nSPS) is 20.7. The first-order chi connectivity index (χ1) is 19.3. The number of nitrogens with one attached hydrogen (secondary N) is 1. The Labute approximate surface area is 234 Å². The Bertz CT molecular complexity index is 1580. The highest BCUT2D eigenvalue weighted by Crippen LogP contribution is 2.39. The number of aryl methyl sites for hydroxylation is 2. The Morgan fingerprint density at radius 3 is 2.77 bits per heavy atom. The Morgan fingerprint density at radius 1 is 1.07 bits per heavy atom. The summed E-state index contributed by atoms with van der Waals surface area (Å²) in [6, 6.07) is 12.9. The maximum atomic E-state index is 13.9. The molecule has 1 atom stereocenters. The van der Waals surface area contributed by atoms with Gasteiger partial charge in [0.05, 0.1) is 24.1 Å². The number of hydrogen-bond acceptors (Lipinski definition) is 6. The van der Waals surface area contributed by atoms with Crippen LogP contribution in [0.25, 0.3) is 22.2 Å². The summed E-state index contributed by atoms with van der Waals surface area (Å²) in [6.07, 6.45) is 2.88. The smallest absolute Gasteiger partial charge is 0.144 e. The van der Waals surface area contributed by atoms with Gasteiger partial charge in [0.25, 0.3) is 0 Å². The number of halogens is 1. The molecule has 4 aromatic rings. The van der Waals surface area contributed by atoms with E-state index in [1.807, 2.05) is 6.92 Å². The fourth-order valence-corrected chi connectivity index (χ4v) is 6.51. The van der Waals surface area contributed by atoms with Crippen molar-refractivity contribution >= 4 is 16.9 Å². The Balaban J connectivity index is 1.24. The zero-order chi connectivity index (χ0) is 27.4. The second kappa shape index (κ2) is 9.84. The molecule has 1 fully saturated rings. The number of fused-ring (bicyclic) bond motifs is 3. The number of aromatic nitrogens is 4. The predicted octanol–water partition coefficient (Wildman–Crippen LogP) is 5.79. The standard InChI is InChI=1S/C32H37FN6O/c1-20-34-27-6-4-22(15-28(27)35-20)21-5-7-29-23(14-21)17-39(12-13-40-29)31-25-16-32(2,3)10-8-26(25)36-30(37-31)19-38-11-9-24(33)18-38/h4-7,14-15,24H,8-13,16-19H2,1-3H3,(H,34,35)/t24-/m0/s1. The molecular weight excluding hydrogens is 503 g/mol. The van der Waals surface area contributed by atoms with Crippen LogP contribution in [0.5, 0.6) is 5.75 Å². The van der Waals surface area contributed by atoms with Crippen molar-refractivity contribution in [3.63, 3.8) is 0 Å². The van der Waals surface area contributed by atoms with Gasteiger partial charge in [-0.1, -0.05) is 26.0 Å². The second-order valence-electron chi connectivity index (χ2n) is 12.5. The van der Waals surface area contributed by atoms with Crippen LogP contribution in [0, 0.1) is 12.3 Å². The molecule has 0 saturated carbocycles. The molecule has 4 heterocycles. The molecule has 1 N–H and O–H groups in total. The molecule has 0 bridgehead atoms. The average molecular weight is 541 g/mol.